The fourth-order valence-corrected chi connectivity index (χ4v) is 14.3. The van der Waals surface area contributed by atoms with E-state index in [2.05, 4.69) is 256 Å². The van der Waals surface area contributed by atoms with E-state index in [0.29, 0.717) is 0 Å². The first kappa shape index (κ1) is 41.5. The fourth-order valence-electron chi connectivity index (χ4n) is 12.0. The second-order valence-electron chi connectivity index (χ2n) is 20.1. The Labute approximate surface area is 418 Å². The van der Waals surface area contributed by atoms with Crippen molar-refractivity contribution in [3.05, 3.63) is 241 Å². The minimum Gasteiger partial charge on any atom is -0.310 e. The summed E-state index contributed by atoms with van der Waals surface area (Å²) >= 11 is 3.79. The predicted molar refractivity (Wildman–Crippen MR) is 296 cm³/mol. The zero-order valence-electron chi connectivity index (χ0n) is 39.5. The van der Waals surface area contributed by atoms with E-state index in [1.54, 1.807) is 0 Å². The van der Waals surface area contributed by atoms with Gasteiger partial charge in [-0.05, 0) is 146 Å². The van der Waals surface area contributed by atoms with Crippen molar-refractivity contribution in [2.45, 2.75) is 58.1 Å². The SMILES string of the molecule is CC1(C)c2ccccc2-c2ccc(N(c3ccc(-c4ccccc4)cc3)c3ccc(-c4ccc(-n5c6cc7c(cc6c6c8c(ccc65)-c5ccccc5C8(C)C)Sc5ccccc5S7)cc4)cc3)cc21. The second kappa shape index (κ2) is 15.5. The number of benzene rings is 10. The summed E-state index contributed by atoms with van der Waals surface area (Å²) in [6.07, 6.45) is 0. The smallest absolute Gasteiger partial charge is 0.0553 e. The summed E-state index contributed by atoms with van der Waals surface area (Å²) in [7, 11) is 0. The van der Waals surface area contributed by atoms with Gasteiger partial charge in [-0.3, -0.25) is 0 Å². The molecule has 0 N–H and O–H groups in total. The summed E-state index contributed by atoms with van der Waals surface area (Å²) in [5.74, 6) is 0. The summed E-state index contributed by atoms with van der Waals surface area (Å²) in [4.78, 5) is 7.70. The summed E-state index contributed by atoms with van der Waals surface area (Å²) in [5, 5.41) is 2.67. The molecule has 2 heterocycles. The van der Waals surface area contributed by atoms with Crippen molar-refractivity contribution in [3.8, 4) is 50.2 Å². The van der Waals surface area contributed by atoms with Crippen molar-refractivity contribution in [2.75, 3.05) is 4.90 Å². The standard InChI is InChI=1S/C66H48N2S2/c1-65(2)54-18-10-8-16-49(54)51-35-34-48(38-56(51)65)67(45-28-22-42(23-29-45)41-14-6-5-7-15-41)46-30-24-43(25-31-46)44-26-32-47(33-27-44)68-57-37-36-52-50-17-9-11-19-55(50)66(3,4)64(52)63(57)53-39-61-62(40-58(53)68)70-60-21-13-12-20-59(60)69-61/h5-40H,1-4H3. The summed E-state index contributed by atoms with van der Waals surface area (Å²) in [6.45, 7) is 9.54. The van der Waals surface area contributed by atoms with Crippen LogP contribution in [0.25, 0.3) is 72.0 Å². The van der Waals surface area contributed by atoms with Crippen LogP contribution in [-0.4, -0.2) is 4.57 Å². The molecular formula is C66H48N2S2. The molecule has 0 bridgehead atoms. The highest BCUT2D eigenvalue weighted by molar-refractivity contribution is 8.05. The first-order valence-corrected chi connectivity index (χ1v) is 26.0. The molecule has 334 valence electrons. The molecule has 2 nitrogen and oxygen atoms in total. The van der Waals surface area contributed by atoms with E-state index < -0.39 is 0 Å². The molecular weight excluding hydrogens is 885 g/mol. The number of hydrogen-bond acceptors (Lipinski definition) is 3. The summed E-state index contributed by atoms with van der Waals surface area (Å²) < 4.78 is 2.51. The maximum absolute atomic E-state index is 2.51. The number of hydrogen-bond donors (Lipinski definition) is 0. The third-order valence-electron chi connectivity index (χ3n) is 15.4. The minimum absolute atomic E-state index is 0.105. The lowest BCUT2D eigenvalue weighted by atomic mass is 9.80. The zero-order chi connectivity index (χ0) is 46.9. The van der Waals surface area contributed by atoms with E-state index in [-0.39, 0.29) is 10.8 Å². The van der Waals surface area contributed by atoms with Gasteiger partial charge >= 0.3 is 0 Å². The van der Waals surface area contributed by atoms with Crippen molar-refractivity contribution < 1.29 is 0 Å². The van der Waals surface area contributed by atoms with Crippen LogP contribution in [0, 0.1) is 0 Å². The van der Waals surface area contributed by atoms with Crippen LogP contribution in [0.3, 0.4) is 0 Å². The van der Waals surface area contributed by atoms with Gasteiger partial charge in [-0.15, -0.1) is 0 Å². The molecule has 1 aliphatic heterocycles. The van der Waals surface area contributed by atoms with E-state index in [1.807, 2.05) is 23.5 Å². The topological polar surface area (TPSA) is 8.17 Å². The highest BCUT2D eigenvalue weighted by Crippen LogP contribution is 2.56. The van der Waals surface area contributed by atoms with Gasteiger partial charge < -0.3 is 9.47 Å². The number of nitrogens with zero attached hydrogens (tertiary/aromatic N) is 2. The van der Waals surface area contributed by atoms with Crippen molar-refractivity contribution >= 4 is 62.4 Å². The molecule has 14 rings (SSSR count). The van der Waals surface area contributed by atoms with Crippen LogP contribution in [-0.2, 0) is 10.8 Å². The van der Waals surface area contributed by atoms with Crippen LogP contribution < -0.4 is 4.90 Å². The molecule has 0 unspecified atom stereocenters. The normalized spacial score (nSPS) is 14.4. The number of rotatable bonds is 6. The Morgan fingerprint density at radius 1 is 0.357 bits per heavy atom. The first-order chi connectivity index (χ1) is 34.2. The Bertz CT molecular complexity index is 3920. The third kappa shape index (κ3) is 6.22. The van der Waals surface area contributed by atoms with Gasteiger partial charge in [0.2, 0.25) is 0 Å². The molecule has 0 saturated carbocycles. The molecule has 0 saturated heterocycles. The average molecular weight is 933 g/mol. The third-order valence-corrected chi connectivity index (χ3v) is 18.0. The van der Waals surface area contributed by atoms with Crippen LogP contribution in [0.15, 0.2) is 238 Å². The quantitative estimate of drug-likeness (QED) is 0.164. The van der Waals surface area contributed by atoms with Crippen molar-refractivity contribution in [2.24, 2.45) is 0 Å². The van der Waals surface area contributed by atoms with Gasteiger partial charge in [0, 0.05) is 63.9 Å². The van der Waals surface area contributed by atoms with E-state index in [1.165, 1.54) is 108 Å². The van der Waals surface area contributed by atoms with Gasteiger partial charge in [-0.25, -0.2) is 0 Å². The minimum atomic E-state index is -0.144. The average Bonchev–Trinajstić information content (AvgIpc) is 3.94. The molecule has 0 fully saturated rings. The largest absolute Gasteiger partial charge is 0.310 e. The Morgan fingerprint density at radius 2 is 0.843 bits per heavy atom. The van der Waals surface area contributed by atoms with Crippen molar-refractivity contribution in [1.82, 2.24) is 4.57 Å². The molecule has 0 radical (unpaired) electrons. The van der Waals surface area contributed by atoms with Gasteiger partial charge in [0.05, 0.1) is 11.0 Å². The highest BCUT2D eigenvalue weighted by Gasteiger charge is 2.39. The summed E-state index contributed by atoms with van der Waals surface area (Å²) in [5.41, 5.74) is 22.5. The van der Waals surface area contributed by atoms with Gasteiger partial charge in [0.15, 0.2) is 0 Å². The highest BCUT2D eigenvalue weighted by atomic mass is 32.2. The van der Waals surface area contributed by atoms with Crippen LogP contribution >= 0.6 is 23.5 Å². The lowest BCUT2D eigenvalue weighted by molar-refractivity contribution is 0.660. The summed E-state index contributed by atoms with van der Waals surface area (Å²) in [6, 6.07) is 81.4. The van der Waals surface area contributed by atoms with E-state index in [9.17, 15) is 0 Å². The lowest BCUT2D eigenvalue weighted by Gasteiger charge is -2.28. The zero-order valence-corrected chi connectivity index (χ0v) is 41.1. The van der Waals surface area contributed by atoms with E-state index in [0.717, 1.165) is 22.7 Å². The Balaban J connectivity index is 0.858. The predicted octanol–water partition coefficient (Wildman–Crippen LogP) is 18.8. The lowest BCUT2D eigenvalue weighted by Crippen LogP contribution is -2.16. The van der Waals surface area contributed by atoms with Gasteiger partial charge in [-0.1, -0.05) is 191 Å². The molecule has 3 aliphatic rings. The molecule has 2 aliphatic carbocycles. The Kier molecular flexibility index (Phi) is 9.18. The van der Waals surface area contributed by atoms with Crippen LogP contribution in [0.2, 0.25) is 0 Å². The van der Waals surface area contributed by atoms with Gasteiger partial charge in [0.1, 0.15) is 0 Å². The molecule has 10 aromatic carbocycles. The molecule has 0 amide bonds. The monoisotopic (exact) mass is 932 g/mol. The Morgan fingerprint density at radius 3 is 1.49 bits per heavy atom. The number of fused-ring (bicyclic) bond motifs is 12. The fraction of sp³-hybridized carbons (Fsp3) is 0.0909. The molecule has 4 heteroatoms. The molecule has 0 spiro atoms. The first-order valence-electron chi connectivity index (χ1n) is 24.3. The molecule has 0 atom stereocenters. The van der Waals surface area contributed by atoms with Gasteiger partial charge in [-0.2, -0.15) is 0 Å². The Hall–Kier alpha value is -7.50. The molecule has 70 heavy (non-hydrogen) atoms. The second-order valence-corrected chi connectivity index (χ2v) is 22.3. The van der Waals surface area contributed by atoms with Crippen molar-refractivity contribution in [3.63, 3.8) is 0 Å². The van der Waals surface area contributed by atoms with Crippen LogP contribution in [0.4, 0.5) is 17.1 Å². The van der Waals surface area contributed by atoms with Crippen LogP contribution in [0.1, 0.15) is 49.9 Å². The number of aromatic nitrogens is 1. The maximum Gasteiger partial charge on any atom is 0.0553 e. The maximum atomic E-state index is 2.51. The van der Waals surface area contributed by atoms with E-state index in [4.69, 9.17) is 0 Å². The van der Waals surface area contributed by atoms with Gasteiger partial charge in [0.25, 0.3) is 0 Å². The number of anilines is 3. The van der Waals surface area contributed by atoms with Crippen molar-refractivity contribution in [1.29, 1.82) is 0 Å². The molecule has 1 aromatic heterocycles. The van der Waals surface area contributed by atoms with E-state index >= 15 is 0 Å². The molecule has 11 aromatic rings. The van der Waals surface area contributed by atoms with Crippen LogP contribution in [0.5, 0.6) is 0 Å².